The first-order valence-electron chi connectivity index (χ1n) is 17.4. The largest absolute Gasteiger partial charge is 0.505 e. The van der Waals surface area contributed by atoms with Gasteiger partial charge in [-0.3, -0.25) is 0 Å². The number of hydrogen-bond acceptors (Lipinski definition) is 6. The number of fused-ring (bicyclic) bond motifs is 2. The molecule has 0 unspecified atom stereocenters. The maximum Gasteiger partial charge on any atom is 0.146 e. The van der Waals surface area contributed by atoms with Gasteiger partial charge in [-0.05, 0) is 36.4 Å². The van der Waals surface area contributed by atoms with Crippen LogP contribution in [0.4, 0.5) is 0 Å². The minimum absolute atomic E-state index is 0.0607. The van der Waals surface area contributed by atoms with Gasteiger partial charge in [0.05, 0.1) is 0 Å². The molecular formula is C28H38N6O2. The fourth-order valence-corrected chi connectivity index (χ4v) is 3.90. The second-order valence-corrected chi connectivity index (χ2v) is 7.70. The topological polar surface area (TPSA) is 102 Å². The molecule has 8 heteroatoms. The maximum absolute atomic E-state index is 11.0. The quantitative estimate of drug-likeness (QED) is 0.262. The minimum Gasteiger partial charge on any atom is -0.505 e. The predicted molar refractivity (Wildman–Crippen MR) is 153 cm³/mol. The average molecular weight is 513 g/mol. The van der Waals surface area contributed by atoms with Crippen LogP contribution >= 0.6 is 0 Å². The molecular weight excluding hydrogens is 452 g/mol. The van der Waals surface area contributed by atoms with Crippen LogP contribution in [0.15, 0.2) is 84.9 Å². The van der Waals surface area contributed by atoms with Crippen LogP contribution in [0.2, 0.25) is 0 Å². The van der Waals surface area contributed by atoms with Gasteiger partial charge in [0.2, 0.25) is 0 Å². The van der Waals surface area contributed by atoms with Gasteiger partial charge >= 0.3 is 0 Å². The van der Waals surface area contributed by atoms with Crippen LogP contribution in [-0.2, 0) is 6.42 Å². The van der Waals surface area contributed by atoms with Crippen LogP contribution in [0, 0.1) is 0 Å². The number of phenols is 2. The highest BCUT2D eigenvalue weighted by atomic mass is 16.3. The molecule has 0 aliphatic rings. The van der Waals surface area contributed by atoms with E-state index < -0.39 is 0 Å². The van der Waals surface area contributed by atoms with Crippen LogP contribution in [-0.4, -0.2) is 40.2 Å². The molecule has 0 fully saturated rings. The van der Waals surface area contributed by atoms with E-state index in [0.29, 0.717) is 28.9 Å². The predicted octanol–water partition coefficient (Wildman–Crippen LogP) is 7.05. The number of phenolic OH excluding ortho intramolecular Hbond substituents is 2. The fourth-order valence-electron chi connectivity index (χ4n) is 3.90. The number of benzene rings is 4. The number of aromatic nitrogens is 6. The SMILES string of the molecule is CC.Oc1c(Cc2cccc(-n3nc4ccccc4n3)c2O)cccc1-n1nc2ccccc2n1.[3H]C.[3H][3H].[3H][3H].[3H][3H].[3H][3H].[3H][3H]. The van der Waals surface area contributed by atoms with Crippen LogP contribution in [0.5, 0.6) is 11.5 Å². The van der Waals surface area contributed by atoms with Gasteiger partial charge in [-0.2, -0.15) is 0 Å². The number of aromatic hydroxyl groups is 2. The third-order valence-electron chi connectivity index (χ3n) is 5.58. The van der Waals surface area contributed by atoms with E-state index in [0.717, 1.165) is 22.1 Å². The van der Waals surface area contributed by atoms with Crippen molar-refractivity contribution < 1.29 is 26.4 Å². The first-order chi connectivity index (χ1) is 23.2. The number of hydrogen-bond donors (Lipinski definition) is 2. The van der Waals surface area contributed by atoms with E-state index >= 15 is 0 Å². The summed E-state index contributed by atoms with van der Waals surface area (Å²) in [5.74, 6) is 0.121. The summed E-state index contributed by atoms with van der Waals surface area (Å²) in [5, 5.41) is 39.8. The Morgan fingerprint density at radius 1 is 0.639 bits per heavy atom. The molecule has 0 saturated carbocycles. The van der Waals surface area contributed by atoms with E-state index in [4.69, 9.17) is 16.2 Å². The summed E-state index contributed by atoms with van der Waals surface area (Å²) in [6.45, 7) is 4.00. The van der Waals surface area contributed by atoms with Crippen molar-refractivity contribution >= 4 is 22.1 Å². The van der Waals surface area contributed by atoms with Crippen molar-refractivity contribution in [3.05, 3.63) is 96.1 Å². The molecule has 0 aliphatic heterocycles. The Labute approximate surface area is 225 Å². The van der Waals surface area contributed by atoms with Crippen LogP contribution in [0.25, 0.3) is 33.4 Å². The zero-order valence-corrected chi connectivity index (χ0v) is 20.4. The summed E-state index contributed by atoms with van der Waals surface area (Å²) in [6.07, 6.45) is 0.306. The number of para-hydroxylation sites is 2. The van der Waals surface area contributed by atoms with Crippen molar-refractivity contribution in [2.75, 3.05) is 0 Å². The first kappa shape index (κ1) is 17.7. The Balaban J connectivity index is 0. The Bertz CT molecular complexity index is 1490. The lowest BCUT2D eigenvalue weighted by Crippen LogP contribution is -2.03. The highest BCUT2D eigenvalue weighted by molar-refractivity contribution is 5.74. The maximum atomic E-state index is 11.0. The highest BCUT2D eigenvalue weighted by Crippen LogP contribution is 2.32. The smallest absolute Gasteiger partial charge is 0.146 e. The van der Waals surface area contributed by atoms with Gasteiger partial charge in [0, 0.05) is 33.8 Å². The second kappa shape index (κ2) is 10.3. The zero-order valence-electron chi connectivity index (χ0n) is 31.4. The molecule has 6 rings (SSSR count). The van der Waals surface area contributed by atoms with Gasteiger partial charge in [-0.1, -0.05) is 69.8 Å². The van der Waals surface area contributed by atoms with Gasteiger partial charge in [0.25, 0.3) is 0 Å². The van der Waals surface area contributed by atoms with E-state index in [9.17, 15) is 10.2 Å². The van der Waals surface area contributed by atoms with Crippen molar-refractivity contribution in [3.8, 4) is 22.9 Å². The molecule has 2 heterocycles. The lowest BCUT2D eigenvalue weighted by molar-refractivity contribution is 0.455. The molecule has 2 aromatic heterocycles. The fraction of sp³-hybridized carbons (Fsp3) is 0.143. The second-order valence-electron chi connectivity index (χ2n) is 7.70. The summed E-state index contributed by atoms with van der Waals surface area (Å²) in [7, 11) is 1.25. The molecule has 8 nitrogen and oxygen atoms in total. The summed E-state index contributed by atoms with van der Waals surface area (Å²) in [5.41, 5.74) is 5.19. The first-order valence-corrected chi connectivity index (χ1v) is 11.4. The molecule has 0 amide bonds. The molecule has 2 N–H and O–H groups in total. The minimum atomic E-state index is 0.0607. The highest BCUT2D eigenvalue weighted by Gasteiger charge is 2.16. The summed E-state index contributed by atoms with van der Waals surface area (Å²) in [6, 6.07) is 25.9. The average Bonchev–Trinajstić information content (AvgIpc) is 3.81. The van der Waals surface area contributed by atoms with Gasteiger partial charge in [0.15, 0.2) is 0 Å². The molecule has 0 radical (unpaired) electrons. The number of nitrogens with zero attached hydrogens (tertiary/aromatic N) is 6. The van der Waals surface area contributed by atoms with Gasteiger partial charge < -0.3 is 10.2 Å². The van der Waals surface area contributed by atoms with Crippen molar-refractivity contribution in [2.24, 2.45) is 0 Å². The van der Waals surface area contributed by atoms with Gasteiger partial charge in [0.1, 0.15) is 44.9 Å². The third-order valence-corrected chi connectivity index (χ3v) is 5.58. The molecule has 6 aromatic rings. The zero-order chi connectivity index (χ0) is 36.4. The molecule has 0 aliphatic carbocycles. The summed E-state index contributed by atoms with van der Waals surface area (Å²) in [4.78, 5) is 2.86. The Kier molecular flexibility index (Phi) is 5.04. The molecule has 192 valence electrons. The van der Waals surface area contributed by atoms with E-state index in [1.54, 1.807) is 12.1 Å². The van der Waals surface area contributed by atoms with Crippen molar-refractivity contribution in [3.63, 3.8) is 0 Å². The van der Waals surface area contributed by atoms with E-state index in [1.807, 2.05) is 86.6 Å². The molecule has 4 aromatic carbocycles. The van der Waals surface area contributed by atoms with Crippen LogP contribution in [0.1, 0.15) is 48.6 Å². The molecule has 36 heavy (non-hydrogen) atoms. The summed E-state index contributed by atoms with van der Waals surface area (Å²) < 4.78 is 55.8. The van der Waals surface area contributed by atoms with Gasteiger partial charge in [-0.15, -0.1) is 30.0 Å². The molecule has 0 bridgehead atoms. The lowest BCUT2D eigenvalue weighted by Gasteiger charge is -2.12. The monoisotopic (exact) mass is 512 g/mol. The Hall–Kier alpha value is -4.72. The van der Waals surface area contributed by atoms with Crippen molar-refractivity contribution in [2.45, 2.75) is 27.7 Å². The van der Waals surface area contributed by atoms with E-state index in [-0.39, 0.29) is 11.5 Å². The molecule has 0 saturated heterocycles. The Morgan fingerprint density at radius 2 is 0.972 bits per heavy atom. The normalized spacial score (nSPS) is 11.9. The van der Waals surface area contributed by atoms with E-state index in [2.05, 4.69) is 20.4 Å². The third kappa shape index (κ3) is 4.36. The molecule has 0 spiro atoms. The summed E-state index contributed by atoms with van der Waals surface area (Å²) >= 11 is 0. The van der Waals surface area contributed by atoms with Crippen molar-refractivity contribution in [1.82, 2.24) is 30.0 Å². The van der Waals surface area contributed by atoms with Crippen LogP contribution in [0.3, 0.4) is 0 Å². The van der Waals surface area contributed by atoms with Gasteiger partial charge in [-0.25, -0.2) is 0 Å². The Morgan fingerprint density at radius 3 is 1.31 bits per heavy atom. The standard InChI is InChI=1S/C25H18N6O2.C2H6.CH4.5H2/c32-24-16(7-5-13-22(24)30-26-18-9-1-2-10-19(18)27-30)15-17-8-6-14-23(25(17)33)31-28-20-11-3-4-12-21(20)29-31;1-2;;;;;;/h1-14,32-33H,15H2;1-2H3;1H4;5*1H/i;;1T;5*1+2T. The lowest BCUT2D eigenvalue weighted by atomic mass is 10.0. The van der Waals surface area contributed by atoms with Crippen LogP contribution < -0.4 is 0 Å². The van der Waals surface area contributed by atoms with Crippen molar-refractivity contribution in [1.29, 1.82) is 0 Å². The van der Waals surface area contributed by atoms with E-state index in [1.165, 1.54) is 17.0 Å². The molecule has 0 atom stereocenters. The number of rotatable bonds is 4.